The van der Waals surface area contributed by atoms with E-state index in [1.54, 1.807) is 24.3 Å². The largest absolute Gasteiger partial charge is 0.481 e. The molecule has 0 radical (unpaired) electrons. The fourth-order valence-electron chi connectivity index (χ4n) is 2.16. The Bertz CT molecular complexity index is 466. The minimum Gasteiger partial charge on any atom is -0.481 e. The van der Waals surface area contributed by atoms with Gasteiger partial charge in [-0.1, -0.05) is 12.1 Å². The molecule has 5 nitrogen and oxygen atoms in total. The lowest BCUT2D eigenvalue weighted by molar-refractivity contribution is -0.136. The summed E-state index contributed by atoms with van der Waals surface area (Å²) in [6, 6.07) is 6.89. The molecule has 0 bridgehead atoms. The molecule has 0 saturated carbocycles. The molecule has 5 heteroatoms. The second-order valence-electron chi connectivity index (χ2n) is 4.66. The van der Waals surface area contributed by atoms with Crippen molar-refractivity contribution in [2.45, 2.75) is 31.8 Å². The summed E-state index contributed by atoms with van der Waals surface area (Å²) in [5, 5.41) is 11.5. The Morgan fingerprint density at radius 2 is 2.26 bits per heavy atom. The number of hydrogen-bond donors (Lipinski definition) is 2. The Kier molecular flexibility index (Phi) is 4.52. The molecule has 1 atom stereocenters. The van der Waals surface area contributed by atoms with Crippen LogP contribution in [0.1, 0.15) is 24.8 Å². The van der Waals surface area contributed by atoms with Crippen molar-refractivity contribution in [3.8, 4) is 0 Å². The maximum absolute atomic E-state index is 11.8. The molecule has 0 aliphatic carbocycles. The SMILES string of the molecule is O=C(O)Cc1cccc(NC(=O)CC2CCCO2)c1. The minimum atomic E-state index is -0.886. The Balaban J connectivity index is 1.90. The van der Waals surface area contributed by atoms with E-state index in [9.17, 15) is 9.59 Å². The highest BCUT2D eigenvalue weighted by atomic mass is 16.5. The lowest BCUT2D eigenvalue weighted by Gasteiger charge is -2.10. The molecular weight excluding hydrogens is 246 g/mol. The number of anilines is 1. The number of carboxylic acids is 1. The van der Waals surface area contributed by atoms with Gasteiger partial charge in [-0.05, 0) is 30.5 Å². The molecule has 0 aromatic heterocycles. The molecular formula is C14H17NO4. The molecule has 1 unspecified atom stereocenters. The molecule has 1 aliphatic rings. The van der Waals surface area contributed by atoms with Gasteiger partial charge in [0.15, 0.2) is 0 Å². The molecule has 1 aromatic carbocycles. The summed E-state index contributed by atoms with van der Waals surface area (Å²) in [5.74, 6) is -0.984. The van der Waals surface area contributed by atoms with Crippen LogP contribution in [-0.4, -0.2) is 29.7 Å². The number of carboxylic acid groups (broad SMARTS) is 1. The van der Waals surface area contributed by atoms with Gasteiger partial charge in [0.1, 0.15) is 0 Å². The zero-order valence-corrected chi connectivity index (χ0v) is 10.6. The number of nitrogens with one attached hydrogen (secondary N) is 1. The number of aliphatic carboxylic acids is 1. The molecule has 1 aliphatic heterocycles. The fraction of sp³-hybridized carbons (Fsp3) is 0.429. The van der Waals surface area contributed by atoms with Crippen molar-refractivity contribution < 1.29 is 19.4 Å². The van der Waals surface area contributed by atoms with E-state index < -0.39 is 5.97 Å². The van der Waals surface area contributed by atoms with Crippen LogP contribution >= 0.6 is 0 Å². The van der Waals surface area contributed by atoms with Gasteiger partial charge in [0.05, 0.1) is 18.9 Å². The molecule has 102 valence electrons. The molecule has 1 fully saturated rings. The smallest absolute Gasteiger partial charge is 0.307 e. The highest BCUT2D eigenvalue weighted by Crippen LogP contribution is 2.17. The van der Waals surface area contributed by atoms with E-state index in [0.29, 0.717) is 17.7 Å². The number of carbonyl (C=O) groups is 2. The quantitative estimate of drug-likeness (QED) is 0.849. The number of hydrogen-bond acceptors (Lipinski definition) is 3. The van der Waals surface area contributed by atoms with Crippen molar-refractivity contribution in [1.29, 1.82) is 0 Å². The van der Waals surface area contributed by atoms with E-state index in [1.165, 1.54) is 0 Å². The average molecular weight is 263 g/mol. The number of amides is 1. The summed E-state index contributed by atoms with van der Waals surface area (Å²) < 4.78 is 5.40. The van der Waals surface area contributed by atoms with Gasteiger partial charge in [-0.25, -0.2) is 0 Å². The van der Waals surface area contributed by atoms with Gasteiger partial charge in [-0.2, -0.15) is 0 Å². The summed E-state index contributed by atoms with van der Waals surface area (Å²) in [6.45, 7) is 0.728. The van der Waals surface area contributed by atoms with Crippen molar-refractivity contribution >= 4 is 17.6 Å². The molecule has 19 heavy (non-hydrogen) atoms. The van der Waals surface area contributed by atoms with E-state index >= 15 is 0 Å². The van der Waals surface area contributed by atoms with Crippen molar-refractivity contribution in [3.63, 3.8) is 0 Å². The first-order valence-electron chi connectivity index (χ1n) is 6.35. The molecule has 2 rings (SSSR count). The molecule has 1 heterocycles. The van der Waals surface area contributed by atoms with Gasteiger partial charge >= 0.3 is 5.97 Å². The van der Waals surface area contributed by atoms with Gasteiger partial charge in [0.2, 0.25) is 5.91 Å². The summed E-state index contributed by atoms with van der Waals surface area (Å²) in [6.07, 6.45) is 2.25. The number of carbonyl (C=O) groups excluding carboxylic acids is 1. The molecule has 0 spiro atoms. The third-order valence-corrected chi connectivity index (χ3v) is 3.00. The highest BCUT2D eigenvalue weighted by Gasteiger charge is 2.19. The van der Waals surface area contributed by atoms with Crippen LogP contribution in [0.2, 0.25) is 0 Å². The number of benzene rings is 1. The van der Waals surface area contributed by atoms with Crippen molar-refractivity contribution in [1.82, 2.24) is 0 Å². The molecule has 1 aromatic rings. The fourth-order valence-corrected chi connectivity index (χ4v) is 2.16. The van der Waals surface area contributed by atoms with Gasteiger partial charge in [0.25, 0.3) is 0 Å². The van der Waals surface area contributed by atoms with Crippen LogP contribution in [0.25, 0.3) is 0 Å². The van der Waals surface area contributed by atoms with E-state index in [4.69, 9.17) is 9.84 Å². The zero-order chi connectivity index (χ0) is 13.7. The third-order valence-electron chi connectivity index (χ3n) is 3.00. The predicted octanol–water partition coefficient (Wildman–Crippen LogP) is 1.82. The zero-order valence-electron chi connectivity index (χ0n) is 10.6. The predicted molar refractivity (Wildman–Crippen MR) is 70.0 cm³/mol. The van der Waals surface area contributed by atoms with Gasteiger partial charge in [-0.3, -0.25) is 9.59 Å². The summed E-state index contributed by atoms with van der Waals surface area (Å²) >= 11 is 0. The first-order chi connectivity index (χ1) is 9.13. The Morgan fingerprint density at radius 3 is 2.95 bits per heavy atom. The Labute approximate surface area is 111 Å². The van der Waals surface area contributed by atoms with Crippen LogP contribution in [0.15, 0.2) is 24.3 Å². The van der Waals surface area contributed by atoms with Crippen LogP contribution in [-0.2, 0) is 20.7 Å². The number of ether oxygens (including phenoxy) is 1. The van der Waals surface area contributed by atoms with Crippen molar-refractivity contribution in [2.24, 2.45) is 0 Å². The monoisotopic (exact) mass is 263 g/mol. The maximum Gasteiger partial charge on any atom is 0.307 e. The minimum absolute atomic E-state index is 0.0159. The van der Waals surface area contributed by atoms with Gasteiger partial charge < -0.3 is 15.2 Å². The Morgan fingerprint density at radius 1 is 1.42 bits per heavy atom. The maximum atomic E-state index is 11.8. The first kappa shape index (κ1) is 13.5. The summed E-state index contributed by atoms with van der Waals surface area (Å²) in [4.78, 5) is 22.4. The third kappa shape index (κ3) is 4.37. The highest BCUT2D eigenvalue weighted by molar-refractivity contribution is 5.91. The molecule has 2 N–H and O–H groups in total. The first-order valence-corrected chi connectivity index (χ1v) is 6.35. The van der Waals surface area contributed by atoms with E-state index in [2.05, 4.69) is 5.32 Å². The van der Waals surface area contributed by atoms with Crippen LogP contribution in [0, 0.1) is 0 Å². The van der Waals surface area contributed by atoms with Crippen LogP contribution in [0.5, 0.6) is 0 Å². The normalized spacial score (nSPS) is 18.2. The van der Waals surface area contributed by atoms with Crippen LogP contribution < -0.4 is 5.32 Å². The second-order valence-corrected chi connectivity index (χ2v) is 4.66. The van der Waals surface area contributed by atoms with E-state index in [-0.39, 0.29) is 18.4 Å². The second kappa shape index (κ2) is 6.33. The number of rotatable bonds is 5. The molecule has 1 saturated heterocycles. The summed E-state index contributed by atoms with van der Waals surface area (Å²) in [5.41, 5.74) is 1.30. The van der Waals surface area contributed by atoms with Crippen LogP contribution in [0.4, 0.5) is 5.69 Å². The van der Waals surface area contributed by atoms with Gasteiger partial charge in [-0.15, -0.1) is 0 Å². The van der Waals surface area contributed by atoms with E-state index in [0.717, 1.165) is 19.4 Å². The lowest BCUT2D eigenvalue weighted by Crippen LogP contribution is -2.19. The molecule has 1 amide bonds. The average Bonchev–Trinajstić information content (AvgIpc) is 2.81. The van der Waals surface area contributed by atoms with Crippen LogP contribution in [0.3, 0.4) is 0 Å². The standard InChI is InChI=1S/C14H17NO4/c16-13(9-12-5-2-6-19-12)15-11-4-1-3-10(7-11)8-14(17)18/h1,3-4,7,12H,2,5-6,8-9H2,(H,15,16)(H,17,18). The topological polar surface area (TPSA) is 75.6 Å². The summed E-state index contributed by atoms with van der Waals surface area (Å²) in [7, 11) is 0. The van der Waals surface area contributed by atoms with Crippen molar-refractivity contribution in [3.05, 3.63) is 29.8 Å². The van der Waals surface area contributed by atoms with Crippen molar-refractivity contribution in [2.75, 3.05) is 11.9 Å². The van der Waals surface area contributed by atoms with Gasteiger partial charge in [0, 0.05) is 12.3 Å². The van der Waals surface area contributed by atoms with E-state index in [1.807, 2.05) is 0 Å². The lowest BCUT2D eigenvalue weighted by atomic mass is 10.1. The Hall–Kier alpha value is -1.88.